The first-order valence-corrected chi connectivity index (χ1v) is 12.1. The van der Waals surface area contributed by atoms with E-state index >= 15 is 0 Å². The number of hydrogen-bond acceptors (Lipinski definition) is 9. The number of hydrogen-bond donors (Lipinski definition) is 1. The number of nitrogens with two attached hydrogens (primary N) is 1. The van der Waals surface area contributed by atoms with E-state index in [-0.39, 0.29) is 50.1 Å². The second-order valence-corrected chi connectivity index (χ2v) is 9.42. The minimum Gasteiger partial charge on any atom is -0.474 e. The second-order valence-electron chi connectivity index (χ2n) is 9.42. The Bertz CT molecular complexity index is 1070. The normalized spacial score (nSPS) is 23.6. The molecule has 2 aliphatic heterocycles. The number of ether oxygens (including phenoxy) is 2. The first-order valence-electron chi connectivity index (χ1n) is 12.1. The number of nitrogen functional groups attached to an aromatic ring is 1. The number of carbonyl (C=O) groups excluding carboxylic acids is 1. The fraction of sp³-hybridized carbons (Fsp3) is 0.609. The second kappa shape index (κ2) is 9.96. The van der Waals surface area contributed by atoms with Gasteiger partial charge in [-0.2, -0.15) is 4.98 Å². The molecule has 3 aliphatic rings. The topological polar surface area (TPSA) is 123 Å². The molecule has 1 aliphatic carbocycles. The molecule has 4 heterocycles. The lowest BCUT2D eigenvalue weighted by Gasteiger charge is -2.43. The van der Waals surface area contributed by atoms with Crippen molar-refractivity contribution < 1.29 is 23.0 Å². The Hall–Kier alpha value is -3.35. The van der Waals surface area contributed by atoms with E-state index in [1.165, 1.54) is 4.90 Å². The standard InChI is InChI=1S/C23H30F2N8O3/c1-31(22(34)33-4-2-23(24,25)3-5-33)16-10-17(11-16)36-19-12-18(15-13-27-20(26)28-14-15)29-21(30-19)32-6-8-35-9-7-32/h12-14,16-17H,2-11H2,1H3,(H2,26,27,28)/t16-,17-. The van der Waals surface area contributed by atoms with Gasteiger partial charge in [-0.25, -0.2) is 28.5 Å². The summed E-state index contributed by atoms with van der Waals surface area (Å²) in [7, 11) is 1.72. The lowest BCUT2D eigenvalue weighted by atomic mass is 9.88. The van der Waals surface area contributed by atoms with Gasteiger partial charge in [-0.05, 0) is 0 Å². The molecule has 0 unspecified atom stereocenters. The zero-order valence-corrected chi connectivity index (χ0v) is 20.1. The van der Waals surface area contributed by atoms with Crippen LogP contribution >= 0.6 is 0 Å². The summed E-state index contributed by atoms with van der Waals surface area (Å²) in [5, 5.41) is 0. The van der Waals surface area contributed by atoms with E-state index in [1.807, 2.05) is 4.90 Å². The van der Waals surface area contributed by atoms with Crippen LogP contribution in [0.2, 0.25) is 0 Å². The molecular formula is C23H30F2N8O3. The molecule has 0 radical (unpaired) electrons. The zero-order valence-electron chi connectivity index (χ0n) is 20.1. The van der Waals surface area contributed by atoms with Gasteiger partial charge in [-0.3, -0.25) is 0 Å². The highest BCUT2D eigenvalue weighted by Crippen LogP contribution is 2.33. The molecule has 2 saturated heterocycles. The number of alkyl halides is 2. The minimum atomic E-state index is -2.68. The van der Waals surface area contributed by atoms with Gasteiger partial charge < -0.3 is 29.9 Å². The molecule has 3 fully saturated rings. The Balaban J connectivity index is 1.24. The van der Waals surface area contributed by atoms with Crippen LogP contribution in [0.4, 0.5) is 25.5 Å². The van der Waals surface area contributed by atoms with Crippen LogP contribution < -0.4 is 15.4 Å². The number of likely N-dealkylation sites (tertiary alicyclic amines) is 1. The van der Waals surface area contributed by atoms with Gasteiger partial charge in [0.05, 0.1) is 18.9 Å². The summed E-state index contributed by atoms with van der Waals surface area (Å²) in [5.41, 5.74) is 6.93. The van der Waals surface area contributed by atoms with Gasteiger partial charge in [0, 0.05) is 89.0 Å². The van der Waals surface area contributed by atoms with Crippen LogP contribution in [0.5, 0.6) is 5.88 Å². The molecule has 36 heavy (non-hydrogen) atoms. The van der Waals surface area contributed by atoms with Crippen LogP contribution in [0.25, 0.3) is 11.3 Å². The van der Waals surface area contributed by atoms with E-state index in [1.54, 1.807) is 30.4 Å². The Morgan fingerprint density at radius 2 is 1.81 bits per heavy atom. The molecule has 5 rings (SSSR count). The molecule has 2 aromatic rings. The summed E-state index contributed by atoms with van der Waals surface area (Å²) in [5.74, 6) is -1.54. The number of nitrogens with zero attached hydrogens (tertiary/aromatic N) is 7. The smallest absolute Gasteiger partial charge is 0.320 e. The first kappa shape index (κ1) is 24.3. The number of rotatable bonds is 5. The van der Waals surface area contributed by atoms with Crippen LogP contribution in [0, 0.1) is 0 Å². The molecule has 0 spiro atoms. The summed E-state index contributed by atoms with van der Waals surface area (Å²) < 4.78 is 38.5. The Morgan fingerprint density at radius 3 is 2.47 bits per heavy atom. The van der Waals surface area contributed by atoms with E-state index in [4.69, 9.17) is 15.2 Å². The fourth-order valence-corrected chi connectivity index (χ4v) is 4.52. The maximum atomic E-state index is 13.4. The van der Waals surface area contributed by atoms with Crippen molar-refractivity contribution in [1.29, 1.82) is 0 Å². The van der Waals surface area contributed by atoms with Crippen molar-refractivity contribution in [2.75, 3.05) is 57.1 Å². The average Bonchev–Trinajstić information content (AvgIpc) is 2.86. The molecule has 1 saturated carbocycles. The number of amides is 2. The zero-order chi connectivity index (χ0) is 25.3. The van der Waals surface area contributed by atoms with Crippen LogP contribution in [0.1, 0.15) is 25.7 Å². The Labute approximate surface area is 207 Å². The number of morpholine rings is 1. The number of piperidine rings is 1. The summed E-state index contributed by atoms with van der Waals surface area (Å²) in [6.07, 6.45) is 3.76. The van der Waals surface area contributed by atoms with Gasteiger partial charge in [-0.1, -0.05) is 0 Å². The number of halogens is 2. The van der Waals surface area contributed by atoms with Crippen LogP contribution in [-0.4, -0.2) is 100 Å². The molecule has 0 aromatic carbocycles. The van der Waals surface area contributed by atoms with Gasteiger partial charge in [0.25, 0.3) is 5.92 Å². The van der Waals surface area contributed by atoms with E-state index in [9.17, 15) is 13.6 Å². The predicted molar refractivity (Wildman–Crippen MR) is 127 cm³/mol. The highest BCUT2D eigenvalue weighted by atomic mass is 19.3. The largest absolute Gasteiger partial charge is 0.474 e. The summed E-state index contributed by atoms with van der Waals surface area (Å²) >= 11 is 0. The minimum absolute atomic E-state index is 0.0181. The molecule has 194 valence electrons. The van der Waals surface area contributed by atoms with Gasteiger partial charge in [0.2, 0.25) is 17.8 Å². The van der Waals surface area contributed by atoms with Gasteiger partial charge >= 0.3 is 6.03 Å². The summed E-state index contributed by atoms with van der Waals surface area (Å²) in [6.45, 7) is 2.67. The third-order valence-corrected chi connectivity index (χ3v) is 6.92. The van der Waals surface area contributed by atoms with Crippen molar-refractivity contribution >= 4 is 17.9 Å². The highest BCUT2D eigenvalue weighted by molar-refractivity contribution is 5.74. The van der Waals surface area contributed by atoms with Crippen molar-refractivity contribution in [2.24, 2.45) is 0 Å². The van der Waals surface area contributed by atoms with Crippen LogP contribution in [0.15, 0.2) is 18.5 Å². The number of urea groups is 1. The molecule has 2 N–H and O–H groups in total. The molecule has 2 aromatic heterocycles. The Kier molecular flexibility index (Phi) is 6.73. The lowest BCUT2D eigenvalue weighted by Crippen LogP contribution is -2.55. The summed E-state index contributed by atoms with van der Waals surface area (Å²) in [4.78, 5) is 35.4. The maximum absolute atomic E-state index is 13.4. The third kappa shape index (κ3) is 5.40. The van der Waals surface area contributed by atoms with Crippen molar-refractivity contribution in [3.8, 4) is 17.1 Å². The van der Waals surface area contributed by atoms with E-state index in [0.29, 0.717) is 62.2 Å². The monoisotopic (exact) mass is 504 g/mol. The molecule has 2 amide bonds. The van der Waals surface area contributed by atoms with Crippen molar-refractivity contribution in [3.63, 3.8) is 0 Å². The quantitative estimate of drug-likeness (QED) is 0.652. The fourth-order valence-electron chi connectivity index (χ4n) is 4.52. The molecule has 0 bridgehead atoms. The SMILES string of the molecule is CN(C(=O)N1CCC(F)(F)CC1)[C@H]1C[C@H](Oc2cc(-c3cnc(N)nc3)nc(N3CCOCC3)n2)C1. The van der Waals surface area contributed by atoms with E-state index in [2.05, 4.69) is 19.9 Å². The van der Waals surface area contributed by atoms with Crippen LogP contribution in [0.3, 0.4) is 0 Å². The average molecular weight is 505 g/mol. The summed E-state index contributed by atoms with van der Waals surface area (Å²) in [6, 6.07) is 1.52. The highest BCUT2D eigenvalue weighted by Gasteiger charge is 2.40. The predicted octanol–water partition coefficient (Wildman–Crippen LogP) is 2.05. The van der Waals surface area contributed by atoms with Gasteiger partial charge in [0.15, 0.2) is 0 Å². The number of aromatic nitrogens is 4. The van der Waals surface area contributed by atoms with Crippen molar-refractivity contribution in [2.45, 2.75) is 43.8 Å². The van der Waals surface area contributed by atoms with E-state index < -0.39 is 5.92 Å². The molecule has 13 heteroatoms. The Morgan fingerprint density at radius 1 is 1.14 bits per heavy atom. The van der Waals surface area contributed by atoms with Gasteiger partial charge in [-0.15, -0.1) is 0 Å². The third-order valence-electron chi connectivity index (χ3n) is 6.92. The van der Waals surface area contributed by atoms with Crippen molar-refractivity contribution in [1.82, 2.24) is 29.7 Å². The molecular weight excluding hydrogens is 474 g/mol. The van der Waals surface area contributed by atoms with Crippen molar-refractivity contribution in [3.05, 3.63) is 18.5 Å². The van der Waals surface area contributed by atoms with E-state index in [0.717, 1.165) is 0 Å². The lowest BCUT2D eigenvalue weighted by molar-refractivity contribution is -0.0512. The first-order chi connectivity index (χ1) is 17.3. The van der Waals surface area contributed by atoms with Crippen LogP contribution in [-0.2, 0) is 4.74 Å². The number of anilines is 2. The maximum Gasteiger partial charge on any atom is 0.320 e. The number of carbonyl (C=O) groups is 1. The molecule has 0 atom stereocenters. The molecule has 11 nitrogen and oxygen atoms in total. The van der Waals surface area contributed by atoms with Gasteiger partial charge in [0.1, 0.15) is 6.10 Å².